The van der Waals surface area contributed by atoms with Gasteiger partial charge < -0.3 is 14.2 Å². The first-order chi connectivity index (χ1) is 13.9. The maximum Gasteiger partial charge on any atom is 0.332 e. The van der Waals surface area contributed by atoms with Crippen LogP contribution < -0.4 is 4.90 Å². The lowest BCUT2D eigenvalue weighted by atomic mass is 9.68. The quantitative estimate of drug-likeness (QED) is 0.508. The predicted octanol–water partition coefficient (Wildman–Crippen LogP) is 1.35. The third-order valence-corrected chi connectivity index (χ3v) is 6.94. The number of barbiturate groups is 1. The van der Waals surface area contributed by atoms with Crippen LogP contribution >= 0.6 is 11.8 Å². The van der Waals surface area contributed by atoms with Gasteiger partial charge in [0.05, 0.1) is 24.6 Å². The number of fused-ring (bicyclic) bond motifs is 5. The molecule has 1 aromatic carbocycles. The highest BCUT2D eigenvalue weighted by molar-refractivity contribution is 7.98. The highest BCUT2D eigenvalue weighted by Gasteiger charge is 2.63. The van der Waals surface area contributed by atoms with E-state index in [-0.39, 0.29) is 13.0 Å². The Morgan fingerprint density at radius 1 is 1.17 bits per heavy atom. The van der Waals surface area contributed by atoms with Crippen LogP contribution in [0.25, 0.3) is 11.0 Å². The van der Waals surface area contributed by atoms with Crippen molar-refractivity contribution in [1.82, 2.24) is 15.0 Å². The Balaban J connectivity index is 1.74. The van der Waals surface area contributed by atoms with Gasteiger partial charge >= 0.3 is 6.03 Å². The molecule has 1 atom stereocenters. The summed E-state index contributed by atoms with van der Waals surface area (Å²) in [6.45, 7) is 1.26. The first kappa shape index (κ1) is 18.4. The van der Waals surface area contributed by atoms with E-state index in [0.717, 1.165) is 31.5 Å². The molecule has 1 aromatic heterocycles. The molecule has 152 valence electrons. The summed E-state index contributed by atoms with van der Waals surface area (Å²) in [5, 5.41) is 5.72. The molecule has 1 unspecified atom stereocenters. The number of carbonyl (C=O) groups excluding carboxylic acids is 3. The maximum atomic E-state index is 13.4. The van der Waals surface area contributed by atoms with Crippen molar-refractivity contribution in [2.24, 2.45) is 5.41 Å². The van der Waals surface area contributed by atoms with Gasteiger partial charge in [-0.15, -0.1) is 11.8 Å². The van der Waals surface area contributed by atoms with Crippen LogP contribution in [0.3, 0.4) is 0 Å². The molecule has 2 saturated heterocycles. The molecule has 3 aliphatic heterocycles. The number of amides is 4. The van der Waals surface area contributed by atoms with Gasteiger partial charge in [0.25, 0.3) is 0 Å². The molecule has 0 radical (unpaired) electrons. The molecule has 9 nitrogen and oxygen atoms in total. The monoisotopic (exact) mass is 416 g/mol. The van der Waals surface area contributed by atoms with Crippen molar-refractivity contribution < 1.29 is 23.6 Å². The molecule has 5 rings (SSSR count). The molecule has 3 aliphatic rings. The summed E-state index contributed by atoms with van der Waals surface area (Å²) in [5.41, 5.74) is 1.05. The van der Waals surface area contributed by atoms with Crippen molar-refractivity contribution >= 4 is 46.3 Å². The minimum atomic E-state index is -1.41. The molecule has 2 fully saturated rings. The number of benzene rings is 1. The average molecular weight is 416 g/mol. The van der Waals surface area contributed by atoms with Crippen LogP contribution in [0.2, 0.25) is 0 Å². The molecule has 4 heterocycles. The summed E-state index contributed by atoms with van der Waals surface area (Å²) in [6.07, 6.45) is 2.11. The molecule has 0 N–H and O–H groups in total. The predicted molar refractivity (Wildman–Crippen MR) is 105 cm³/mol. The largest absolute Gasteiger partial charge is 0.377 e. The zero-order valence-electron chi connectivity index (χ0n) is 16.3. The van der Waals surface area contributed by atoms with Crippen molar-refractivity contribution in [3.8, 4) is 0 Å². The first-order valence-electron chi connectivity index (χ1n) is 9.31. The van der Waals surface area contributed by atoms with E-state index >= 15 is 0 Å². The van der Waals surface area contributed by atoms with Gasteiger partial charge in [0, 0.05) is 32.4 Å². The van der Waals surface area contributed by atoms with Crippen molar-refractivity contribution in [2.75, 3.05) is 45.0 Å². The Bertz CT molecular complexity index is 1040. The molecule has 0 bridgehead atoms. The lowest BCUT2D eigenvalue weighted by Gasteiger charge is -2.54. The molecular weight excluding hydrogens is 396 g/mol. The van der Waals surface area contributed by atoms with Gasteiger partial charge in [-0.25, -0.2) is 4.79 Å². The molecule has 4 amide bonds. The lowest BCUT2D eigenvalue weighted by molar-refractivity contribution is -0.161. The number of hydrogen-bond donors (Lipinski definition) is 0. The third kappa shape index (κ3) is 2.26. The number of nitrogens with zero attached hydrogens (tertiary/aromatic N) is 4. The number of thioether (sulfide) groups is 1. The van der Waals surface area contributed by atoms with Crippen molar-refractivity contribution in [3.05, 3.63) is 17.7 Å². The Labute approximate surface area is 170 Å². The Hall–Kier alpha value is -2.59. The fraction of sp³-hybridized carbons (Fsp3) is 0.474. The van der Waals surface area contributed by atoms with Crippen LogP contribution in [0.5, 0.6) is 0 Å². The standard InChI is InChI=1S/C19H20N4O5S/c1-21-16(24)19(17(25)22(2)18(21)26)8-10-6-11-13(28-20-15(11)29-3)7-12(10)23-4-5-27-9-14(19)23/h6-7,14H,4-5,8-9H2,1-3H3. The van der Waals surface area contributed by atoms with Crippen LogP contribution in [-0.4, -0.2) is 79.0 Å². The van der Waals surface area contributed by atoms with Crippen LogP contribution in [0.4, 0.5) is 10.5 Å². The van der Waals surface area contributed by atoms with E-state index in [1.807, 2.05) is 18.4 Å². The van der Waals surface area contributed by atoms with Gasteiger partial charge in [-0.3, -0.25) is 19.4 Å². The molecule has 0 saturated carbocycles. The summed E-state index contributed by atoms with van der Waals surface area (Å²) >= 11 is 1.47. The Morgan fingerprint density at radius 3 is 2.59 bits per heavy atom. The van der Waals surface area contributed by atoms with E-state index in [0.29, 0.717) is 18.7 Å². The number of morpholine rings is 1. The normalized spacial score (nSPS) is 23.8. The maximum absolute atomic E-state index is 13.4. The van der Waals surface area contributed by atoms with Crippen molar-refractivity contribution in [1.29, 1.82) is 0 Å². The van der Waals surface area contributed by atoms with Crippen LogP contribution in [0.1, 0.15) is 5.56 Å². The topological polar surface area (TPSA) is 96.2 Å². The zero-order chi connectivity index (χ0) is 20.5. The Morgan fingerprint density at radius 2 is 1.90 bits per heavy atom. The molecule has 29 heavy (non-hydrogen) atoms. The van der Waals surface area contributed by atoms with Crippen LogP contribution in [0.15, 0.2) is 21.7 Å². The number of carbonyl (C=O) groups is 3. The first-order valence-corrected chi connectivity index (χ1v) is 10.5. The minimum absolute atomic E-state index is 0.196. The van der Waals surface area contributed by atoms with E-state index in [4.69, 9.17) is 9.26 Å². The average Bonchev–Trinajstić information content (AvgIpc) is 3.15. The molecule has 2 aromatic rings. The third-order valence-electron chi connectivity index (χ3n) is 6.25. The SMILES string of the molecule is CSc1noc2cc3c(cc12)CC1(C(=O)N(C)C(=O)N(C)C1=O)C1COCCN31. The summed E-state index contributed by atoms with van der Waals surface area (Å²) in [7, 11) is 2.85. The van der Waals surface area contributed by atoms with Crippen molar-refractivity contribution in [2.45, 2.75) is 17.5 Å². The summed E-state index contributed by atoms with van der Waals surface area (Å²) < 4.78 is 11.2. The fourth-order valence-corrected chi connectivity index (χ4v) is 5.29. The lowest BCUT2D eigenvalue weighted by Crippen LogP contribution is -2.73. The number of urea groups is 1. The van der Waals surface area contributed by atoms with Gasteiger partial charge in [0.15, 0.2) is 11.0 Å². The number of imide groups is 2. The molecule has 10 heteroatoms. The van der Waals surface area contributed by atoms with Gasteiger partial charge in [-0.2, -0.15) is 0 Å². The molecule has 1 spiro atoms. The van der Waals surface area contributed by atoms with Crippen LogP contribution in [0, 0.1) is 5.41 Å². The smallest absolute Gasteiger partial charge is 0.332 e. The number of hydrogen-bond acceptors (Lipinski definition) is 8. The number of anilines is 1. The summed E-state index contributed by atoms with van der Waals surface area (Å²) in [6, 6.07) is 2.78. The second-order valence-corrected chi connectivity index (χ2v) is 8.41. The van der Waals surface area contributed by atoms with E-state index in [2.05, 4.69) is 10.1 Å². The highest BCUT2D eigenvalue weighted by atomic mass is 32.2. The van der Waals surface area contributed by atoms with E-state index in [1.54, 1.807) is 0 Å². The van der Waals surface area contributed by atoms with Gasteiger partial charge in [-0.05, 0) is 24.3 Å². The van der Waals surface area contributed by atoms with Crippen LogP contribution in [-0.2, 0) is 20.7 Å². The number of rotatable bonds is 1. The van der Waals surface area contributed by atoms with E-state index in [9.17, 15) is 14.4 Å². The van der Waals surface area contributed by atoms with Gasteiger partial charge in [0.2, 0.25) is 11.8 Å². The molecule has 0 aliphatic carbocycles. The second kappa shape index (κ2) is 6.20. The fourth-order valence-electron chi connectivity index (χ4n) is 4.80. The number of ether oxygens (including phenoxy) is 1. The summed E-state index contributed by atoms with van der Waals surface area (Å²) in [5.74, 6) is -0.959. The number of aromatic nitrogens is 1. The Kier molecular flexibility index (Phi) is 3.94. The minimum Gasteiger partial charge on any atom is -0.377 e. The zero-order valence-corrected chi connectivity index (χ0v) is 17.1. The summed E-state index contributed by atoms with van der Waals surface area (Å²) in [4.78, 5) is 43.3. The van der Waals surface area contributed by atoms with E-state index < -0.39 is 29.3 Å². The van der Waals surface area contributed by atoms with Crippen molar-refractivity contribution in [3.63, 3.8) is 0 Å². The molecular formula is C19H20N4O5S. The van der Waals surface area contributed by atoms with E-state index in [1.165, 1.54) is 25.9 Å². The second-order valence-electron chi connectivity index (χ2n) is 7.61. The van der Waals surface area contributed by atoms with Gasteiger partial charge in [0.1, 0.15) is 5.03 Å². The highest BCUT2D eigenvalue weighted by Crippen LogP contribution is 2.48. The van der Waals surface area contributed by atoms with Gasteiger partial charge in [-0.1, -0.05) is 5.16 Å².